The van der Waals surface area contributed by atoms with Crippen molar-refractivity contribution < 1.29 is 0 Å². The van der Waals surface area contributed by atoms with Crippen molar-refractivity contribution in [3.8, 4) is 0 Å². The van der Waals surface area contributed by atoms with Gasteiger partial charge < -0.3 is 0 Å². The molecule has 3 aromatic carbocycles. The van der Waals surface area contributed by atoms with Gasteiger partial charge in [-0.05, 0) is 62.8 Å². The molecule has 0 amide bonds. The third-order valence-electron chi connectivity index (χ3n) is 5.33. The van der Waals surface area contributed by atoms with E-state index in [1.165, 1.54) is 22.1 Å². The highest BCUT2D eigenvalue weighted by Gasteiger charge is 2.12. The lowest BCUT2D eigenvalue weighted by Gasteiger charge is -2.18. The molecule has 4 heteroatoms. The fourth-order valence-electron chi connectivity index (χ4n) is 3.44. The number of benzene rings is 3. The number of aliphatic imine (C=N–C) groups is 2. The number of hydrogen-bond donors (Lipinski definition) is 0. The van der Waals surface area contributed by atoms with Crippen LogP contribution >= 0.6 is 16.5 Å². The van der Waals surface area contributed by atoms with E-state index in [1.807, 2.05) is 0 Å². The third kappa shape index (κ3) is 8.42. The van der Waals surface area contributed by atoms with Crippen molar-refractivity contribution >= 4 is 43.8 Å². The molecule has 0 spiro atoms. The fraction of sp³-hybridized carbons (Fsp3) is 0.286. The van der Waals surface area contributed by atoms with E-state index >= 15 is 0 Å². The number of hydrogen-bond acceptors (Lipinski definition) is 2. The second-order valence-corrected chi connectivity index (χ2v) is 11.5. The van der Waals surface area contributed by atoms with E-state index in [0.29, 0.717) is 0 Å². The molecule has 2 nitrogen and oxygen atoms in total. The van der Waals surface area contributed by atoms with Crippen molar-refractivity contribution in [2.75, 3.05) is 25.4 Å². The van der Waals surface area contributed by atoms with Gasteiger partial charge in [-0.25, -0.2) is 0 Å². The summed E-state index contributed by atoms with van der Waals surface area (Å²) in [5, 5.41) is 4.34. The highest BCUT2D eigenvalue weighted by molar-refractivity contribution is 7.73. The first-order chi connectivity index (χ1) is 15.7. The Kier molecular flexibility index (Phi) is 10.8. The molecule has 3 aromatic rings. The van der Waals surface area contributed by atoms with Crippen molar-refractivity contribution in [3.63, 3.8) is 0 Å². The molecule has 1 unspecified atom stereocenters. The van der Waals surface area contributed by atoms with Crippen LogP contribution in [0, 0.1) is 0 Å². The van der Waals surface area contributed by atoms with Crippen LogP contribution in [-0.4, -0.2) is 36.8 Å². The first-order valence-corrected chi connectivity index (χ1v) is 14.2. The Morgan fingerprint density at radius 2 is 1.12 bits per heavy atom. The molecule has 32 heavy (non-hydrogen) atoms. The third-order valence-corrected chi connectivity index (χ3v) is 9.29. The minimum Gasteiger partial charge on any atom is -0.288 e. The van der Waals surface area contributed by atoms with Crippen molar-refractivity contribution in [2.45, 2.75) is 26.7 Å². The van der Waals surface area contributed by atoms with E-state index < -0.39 is 0 Å². The second kappa shape index (κ2) is 14.1. The van der Waals surface area contributed by atoms with Crippen LogP contribution in [0.3, 0.4) is 0 Å². The minimum absolute atomic E-state index is 0.329. The lowest BCUT2D eigenvalue weighted by molar-refractivity contribution is 0.934. The van der Waals surface area contributed by atoms with E-state index in [2.05, 4.69) is 105 Å². The van der Waals surface area contributed by atoms with Gasteiger partial charge in [0.05, 0.1) is 11.4 Å². The Morgan fingerprint density at radius 1 is 0.656 bits per heavy atom. The molecule has 0 heterocycles. The maximum absolute atomic E-state index is 4.83. The zero-order valence-electron chi connectivity index (χ0n) is 19.2. The summed E-state index contributed by atoms with van der Waals surface area (Å²) in [7, 11) is 0.549. The Hall–Kier alpha value is -2.14. The first kappa shape index (κ1) is 24.5. The molecule has 0 N–H and O–H groups in total. The average molecular weight is 461 g/mol. The van der Waals surface area contributed by atoms with Crippen LogP contribution in [0.2, 0.25) is 0 Å². The molecule has 0 aromatic heterocycles. The van der Waals surface area contributed by atoms with Crippen LogP contribution in [0.1, 0.15) is 26.7 Å². The van der Waals surface area contributed by atoms with Gasteiger partial charge in [0.1, 0.15) is 0 Å². The molecule has 0 aliphatic rings. The predicted octanol–water partition coefficient (Wildman–Crippen LogP) is 5.83. The summed E-state index contributed by atoms with van der Waals surface area (Å²) in [5.74, 6) is 0. The molecule has 166 valence electrons. The summed E-state index contributed by atoms with van der Waals surface area (Å²) >= 11 is 0. The smallest absolute Gasteiger partial charge is 0.0524 e. The van der Waals surface area contributed by atoms with E-state index in [0.717, 1.165) is 52.1 Å². The molecule has 0 saturated carbocycles. The Balaban J connectivity index is 1.44. The van der Waals surface area contributed by atoms with Crippen LogP contribution in [0.5, 0.6) is 0 Å². The topological polar surface area (TPSA) is 24.7 Å². The van der Waals surface area contributed by atoms with Gasteiger partial charge in [-0.2, -0.15) is 0 Å². The SMILES string of the molecule is CC(=NCCCPc1ccccc1)C(C)=NCCCP(c1ccccc1)c1ccccc1. The van der Waals surface area contributed by atoms with E-state index in [1.54, 1.807) is 0 Å². The molecule has 0 bridgehead atoms. The van der Waals surface area contributed by atoms with Gasteiger partial charge in [0.2, 0.25) is 0 Å². The Morgan fingerprint density at radius 3 is 1.66 bits per heavy atom. The van der Waals surface area contributed by atoms with Gasteiger partial charge >= 0.3 is 0 Å². The lowest BCUT2D eigenvalue weighted by atomic mass is 10.3. The van der Waals surface area contributed by atoms with Crippen LogP contribution in [-0.2, 0) is 0 Å². The van der Waals surface area contributed by atoms with Crippen molar-refractivity contribution in [1.29, 1.82) is 0 Å². The zero-order valence-corrected chi connectivity index (χ0v) is 21.1. The van der Waals surface area contributed by atoms with E-state index in [9.17, 15) is 0 Å². The minimum atomic E-state index is -0.329. The zero-order chi connectivity index (χ0) is 22.4. The Labute approximate surface area is 196 Å². The monoisotopic (exact) mass is 460 g/mol. The second-order valence-electron chi connectivity index (χ2n) is 7.76. The quantitative estimate of drug-likeness (QED) is 0.185. The molecule has 1 atom stereocenters. The average Bonchev–Trinajstić information content (AvgIpc) is 2.85. The summed E-state index contributed by atoms with van der Waals surface area (Å²) in [4.78, 5) is 9.59. The molecular formula is C28H34N2P2. The van der Waals surface area contributed by atoms with Crippen molar-refractivity contribution in [1.82, 2.24) is 0 Å². The highest BCUT2D eigenvalue weighted by Crippen LogP contribution is 2.34. The van der Waals surface area contributed by atoms with E-state index in [4.69, 9.17) is 9.98 Å². The number of nitrogens with zero attached hydrogens (tertiary/aromatic N) is 2. The van der Waals surface area contributed by atoms with Crippen LogP contribution in [0.25, 0.3) is 0 Å². The summed E-state index contributed by atoms with van der Waals surface area (Å²) < 4.78 is 0. The van der Waals surface area contributed by atoms with Crippen LogP contribution < -0.4 is 15.9 Å². The largest absolute Gasteiger partial charge is 0.288 e. The van der Waals surface area contributed by atoms with Gasteiger partial charge in [-0.3, -0.25) is 9.98 Å². The lowest BCUT2D eigenvalue weighted by Crippen LogP contribution is -2.14. The first-order valence-electron chi connectivity index (χ1n) is 11.4. The van der Waals surface area contributed by atoms with Crippen LogP contribution in [0.4, 0.5) is 0 Å². The van der Waals surface area contributed by atoms with Crippen molar-refractivity contribution in [3.05, 3.63) is 91.0 Å². The molecule has 0 radical (unpaired) electrons. The van der Waals surface area contributed by atoms with Gasteiger partial charge in [0.15, 0.2) is 0 Å². The summed E-state index contributed by atoms with van der Waals surface area (Å²) in [5.41, 5.74) is 2.17. The molecule has 0 aliphatic carbocycles. The van der Waals surface area contributed by atoms with Crippen molar-refractivity contribution in [2.24, 2.45) is 9.98 Å². The summed E-state index contributed by atoms with van der Waals surface area (Å²) in [6.45, 7) is 5.96. The fourth-order valence-corrected chi connectivity index (χ4v) is 6.83. The molecular weight excluding hydrogens is 426 g/mol. The van der Waals surface area contributed by atoms with Gasteiger partial charge in [0, 0.05) is 13.1 Å². The normalized spacial score (nSPS) is 12.7. The van der Waals surface area contributed by atoms with E-state index in [-0.39, 0.29) is 7.92 Å². The summed E-state index contributed by atoms with van der Waals surface area (Å²) in [6.07, 6.45) is 4.60. The van der Waals surface area contributed by atoms with Gasteiger partial charge in [-0.15, -0.1) is 0 Å². The maximum atomic E-state index is 4.83. The standard InChI is InChI=1S/C28H34N2P2/c1-24(29-20-12-22-31-26-14-6-3-7-15-26)25(2)30-21-13-23-32(27-16-8-4-9-17-27)28-18-10-5-11-19-28/h3-11,14-19,31H,12-13,20-23H2,1-2H3. The molecule has 3 rings (SSSR count). The molecule has 0 fully saturated rings. The maximum Gasteiger partial charge on any atom is 0.0524 e. The molecule has 0 aliphatic heterocycles. The highest BCUT2D eigenvalue weighted by atomic mass is 31.1. The van der Waals surface area contributed by atoms with Gasteiger partial charge in [0.25, 0.3) is 0 Å². The number of rotatable bonds is 12. The van der Waals surface area contributed by atoms with Gasteiger partial charge in [-0.1, -0.05) is 99.6 Å². The van der Waals surface area contributed by atoms with Crippen LogP contribution in [0.15, 0.2) is 101 Å². The Bertz CT molecular complexity index is 931. The predicted molar refractivity (Wildman–Crippen MR) is 148 cm³/mol. The summed E-state index contributed by atoms with van der Waals surface area (Å²) in [6, 6.07) is 32.6. The molecule has 0 saturated heterocycles.